The average molecular weight is 179 g/mol. The fourth-order valence-corrected chi connectivity index (χ4v) is 0.710. The van der Waals surface area contributed by atoms with Crippen molar-refractivity contribution in [3.63, 3.8) is 0 Å². The van der Waals surface area contributed by atoms with Crippen LogP contribution in [-0.4, -0.2) is 32.3 Å². The number of hydrogen-bond acceptors (Lipinski definition) is 2. The topological polar surface area (TPSA) is 20.3 Å². The predicted molar refractivity (Wildman–Crippen MR) is 55.8 cm³/mol. The largest absolute Gasteiger partial charge is 0.312 e. The Kier molecular flexibility index (Phi) is 6.83. The summed E-state index contributed by atoms with van der Waals surface area (Å²) in [6.07, 6.45) is 1.44. The highest BCUT2D eigenvalue weighted by atomic mass is 16.1. The molecule has 72 valence electrons. The van der Waals surface area contributed by atoms with Gasteiger partial charge in [-0.15, -0.1) is 0 Å². The molecule has 0 aliphatic carbocycles. The third-order valence-electron chi connectivity index (χ3n) is 1.16. The van der Waals surface area contributed by atoms with Crippen LogP contribution in [0, 0.1) is 0 Å². The van der Waals surface area contributed by atoms with Gasteiger partial charge >= 0.3 is 0 Å². The van der Waals surface area contributed by atoms with E-state index in [9.17, 15) is 4.79 Å². The second-order valence-electron chi connectivity index (χ2n) is 3.20. The molecule has 0 radical (unpaired) electrons. The zero-order valence-corrected chi connectivity index (χ0v) is 8.53. The van der Waals surface area contributed by atoms with E-state index in [4.69, 9.17) is 0 Å². The van der Waals surface area contributed by atoms with E-state index in [0.29, 0.717) is 6.42 Å². The Labute approximate surface area is 80.2 Å². The van der Waals surface area contributed by atoms with Gasteiger partial charge in [0.15, 0.2) is 0 Å². The Bertz CT molecular complexity index is 216. The molecule has 2 nitrogen and oxygen atoms in total. The second kappa shape index (κ2) is 7.50. The first-order valence-electron chi connectivity index (χ1n) is 4.25. The van der Waals surface area contributed by atoms with E-state index < -0.39 is 0 Å². The first-order valence-corrected chi connectivity index (χ1v) is 4.25. The Balaban J connectivity index is 0.000000310. The first kappa shape index (κ1) is 11.8. The van der Waals surface area contributed by atoms with Gasteiger partial charge in [-0.2, -0.15) is 0 Å². The summed E-state index contributed by atoms with van der Waals surface area (Å²) in [5, 5.41) is 0. The summed E-state index contributed by atoms with van der Waals surface area (Å²) in [7, 11) is 6.00. The van der Waals surface area contributed by atoms with E-state index in [1.54, 1.807) is 0 Å². The Hall–Kier alpha value is -1.15. The van der Waals surface area contributed by atoms with Crippen molar-refractivity contribution in [2.24, 2.45) is 0 Å². The molecule has 0 saturated heterocycles. The van der Waals surface area contributed by atoms with Crippen LogP contribution in [-0.2, 0) is 11.2 Å². The Morgan fingerprint density at radius 2 is 1.62 bits per heavy atom. The van der Waals surface area contributed by atoms with Crippen molar-refractivity contribution in [1.82, 2.24) is 4.90 Å². The molecule has 0 fully saturated rings. The summed E-state index contributed by atoms with van der Waals surface area (Å²) < 4.78 is 0. The van der Waals surface area contributed by atoms with Crippen LogP contribution >= 0.6 is 0 Å². The van der Waals surface area contributed by atoms with Crippen LogP contribution in [0.2, 0.25) is 0 Å². The van der Waals surface area contributed by atoms with E-state index in [1.807, 2.05) is 56.4 Å². The van der Waals surface area contributed by atoms with Gasteiger partial charge in [-0.3, -0.25) is 0 Å². The third kappa shape index (κ3) is 8.76. The summed E-state index contributed by atoms with van der Waals surface area (Å²) in [4.78, 5) is 12.0. The molecule has 2 heteroatoms. The lowest BCUT2D eigenvalue weighted by atomic mass is 10.2. The molecule has 13 heavy (non-hydrogen) atoms. The molecule has 1 aromatic carbocycles. The second-order valence-corrected chi connectivity index (χ2v) is 3.20. The van der Waals surface area contributed by atoms with Crippen molar-refractivity contribution in [3.8, 4) is 0 Å². The molecule has 0 aliphatic rings. The van der Waals surface area contributed by atoms with Crippen molar-refractivity contribution in [1.29, 1.82) is 0 Å². The van der Waals surface area contributed by atoms with Gasteiger partial charge < -0.3 is 9.69 Å². The van der Waals surface area contributed by atoms with Crippen LogP contribution in [0.4, 0.5) is 0 Å². The van der Waals surface area contributed by atoms with Gasteiger partial charge in [-0.05, 0) is 26.7 Å². The minimum atomic E-state index is 0.529. The van der Waals surface area contributed by atoms with E-state index in [0.717, 1.165) is 11.8 Å². The number of benzene rings is 1. The monoisotopic (exact) mass is 179 g/mol. The number of rotatable bonds is 2. The highest BCUT2D eigenvalue weighted by molar-refractivity contribution is 5.54. The van der Waals surface area contributed by atoms with Crippen LogP contribution < -0.4 is 0 Å². The summed E-state index contributed by atoms with van der Waals surface area (Å²) in [5.41, 5.74) is 1.08. The standard InChI is InChI=1S/C8H8O.C3H9N/c9-7-6-8-4-2-1-3-5-8;1-4(2)3/h1-5,7H,6H2;1-3H3. The van der Waals surface area contributed by atoms with Gasteiger partial charge in [0, 0.05) is 6.42 Å². The third-order valence-corrected chi connectivity index (χ3v) is 1.16. The van der Waals surface area contributed by atoms with Gasteiger partial charge in [0.2, 0.25) is 0 Å². The summed E-state index contributed by atoms with van der Waals surface area (Å²) >= 11 is 0. The van der Waals surface area contributed by atoms with Crippen molar-refractivity contribution in [3.05, 3.63) is 35.9 Å². The van der Waals surface area contributed by atoms with Crippen molar-refractivity contribution in [2.45, 2.75) is 6.42 Å². The maximum atomic E-state index is 9.97. The summed E-state index contributed by atoms with van der Waals surface area (Å²) in [6, 6.07) is 9.68. The smallest absolute Gasteiger partial charge is 0.124 e. The summed E-state index contributed by atoms with van der Waals surface area (Å²) in [5.74, 6) is 0. The zero-order chi connectivity index (χ0) is 10.1. The molecule has 1 rings (SSSR count). The number of hydrogen-bond donors (Lipinski definition) is 0. The molecule has 0 aromatic heterocycles. The summed E-state index contributed by atoms with van der Waals surface area (Å²) in [6.45, 7) is 0. The molecule has 0 heterocycles. The molecule has 0 atom stereocenters. The lowest BCUT2D eigenvalue weighted by Crippen LogP contribution is -1.99. The van der Waals surface area contributed by atoms with Crippen molar-refractivity contribution >= 4 is 6.29 Å². The van der Waals surface area contributed by atoms with Gasteiger partial charge in [0.05, 0.1) is 0 Å². The fourth-order valence-electron chi connectivity index (χ4n) is 0.710. The molecule has 1 aromatic rings. The molecule has 0 aliphatic heterocycles. The van der Waals surface area contributed by atoms with Crippen LogP contribution in [0.1, 0.15) is 5.56 Å². The number of carbonyl (C=O) groups excluding carboxylic acids is 1. The highest BCUT2D eigenvalue weighted by Gasteiger charge is 1.84. The van der Waals surface area contributed by atoms with Gasteiger partial charge in [0.25, 0.3) is 0 Å². The van der Waals surface area contributed by atoms with Crippen molar-refractivity contribution in [2.75, 3.05) is 21.1 Å². The number of carbonyl (C=O) groups is 1. The maximum absolute atomic E-state index is 9.97. The highest BCUT2D eigenvalue weighted by Crippen LogP contribution is 1.96. The number of aldehydes is 1. The molecular formula is C11H17NO. The van der Waals surface area contributed by atoms with Crippen molar-refractivity contribution < 1.29 is 4.79 Å². The molecule has 0 N–H and O–H groups in total. The SMILES string of the molecule is CN(C)C.O=CCc1ccccc1. The average Bonchev–Trinajstić information content (AvgIpc) is 2.06. The maximum Gasteiger partial charge on any atom is 0.124 e. The van der Waals surface area contributed by atoms with Gasteiger partial charge in [0.1, 0.15) is 6.29 Å². The van der Waals surface area contributed by atoms with Crippen LogP contribution in [0.25, 0.3) is 0 Å². The Morgan fingerprint density at radius 3 is 2.00 bits per heavy atom. The quantitative estimate of drug-likeness (QED) is 0.643. The lowest BCUT2D eigenvalue weighted by molar-refractivity contribution is -0.107. The Morgan fingerprint density at radius 1 is 1.15 bits per heavy atom. The number of nitrogens with zero attached hydrogens (tertiary/aromatic N) is 1. The molecule has 0 amide bonds. The normalized spacial score (nSPS) is 8.92. The lowest BCUT2D eigenvalue weighted by Gasteiger charge is -1.90. The van der Waals surface area contributed by atoms with Crippen LogP contribution in [0.15, 0.2) is 30.3 Å². The zero-order valence-electron chi connectivity index (χ0n) is 8.53. The predicted octanol–water partition coefficient (Wildman–Crippen LogP) is 1.61. The minimum Gasteiger partial charge on any atom is -0.312 e. The molecular weight excluding hydrogens is 162 g/mol. The van der Waals surface area contributed by atoms with Crippen LogP contribution in [0.5, 0.6) is 0 Å². The van der Waals surface area contributed by atoms with Gasteiger partial charge in [-0.25, -0.2) is 0 Å². The molecule has 0 bridgehead atoms. The van der Waals surface area contributed by atoms with E-state index in [2.05, 4.69) is 0 Å². The minimum absolute atomic E-state index is 0.529. The van der Waals surface area contributed by atoms with E-state index >= 15 is 0 Å². The molecule has 0 saturated carbocycles. The van der Waals surface area contributed by atoms with E-state index in [1.165, 1.54) is 0 Å². The molecule has 0 unspecified atom stereocenters. The van der Waals surface area contributed by atoms with E-state index in [-0.39, 0.29) is 0 Å². The van der Waals surface area contributed by atoms with Crippen LogP contribution in [0.3, 0.4) is 0 Å². The molecule has 0 spiro atoms. The first-order chi connectivity index (χ1) is 6.16. The van der Waals surface area contributed by atoms with Gasteiger partial charge in [-0.1, -0.05) is 30.3 Å². The fraction of sp³-hybridized carbons (Fsp3) is 0.364.